The number of nitriles is 1. The molecule has 2 aromatic rings. The summed E-state index contributed by atoms with van der Waals surface area (Å²) in [4.78, 5) is 28.4. The predicted molar refractivity (Wildman–Crippen MR) is 111 cm³/mol. The van der Waals surface area contributed by atoms with Crippen LogP contribution >= 0.6 is 23.7 Å². The molecule has 0 bridgehead atoms. The Labute approximate surface area is 174 Å². The van der Waals surface area contributed by atoms with E-state index >= 15 is 0 Å². The largest absolute Gasteiger partial charge is 0.465 e. The molecule has 0 fully saturated rings. The van der Waals surface area contributed by atoms with Gasteiger partial charge in [-0.25, -0.2) is 4.79 Å². The molecule has 1 aliphatic heterocycles. The van der Waals surface area contributed by atoms with Gasteiger partial charge in [-0.15, -0.1) is 23.7 Å². The number of amides is 1. The molecular weight excluding hydrogens is 398 g/mol. The summed E-state index contributed by atoms with van der Waals surface area (Å²) in [5.41, 5.74) is 2.35. The zero-order valence-electron chi connectivity index (χ0n) is 15.9. The van der Waals surface area contributed by atoms with Crippen LogP contribution in [-0.4, -0.2) is 36.5 Å². The van der Waals surface area contributed by atoms with Crippen LogP contribution in [0.4, 0.5) is 5.00 Å². The lowest BCUT2D eigenvalue weighted by Gasteiger charge is -2.30. The van der Waals surface area contributed by atoms with Gasteiger partial charge in [-0.2, -0.15) is 5.26 Å². The minimum atomic E-state index is -0.430. The molecule has 0 saturated heterocycles. The first-order chi connectivity index (χ1) is 12.9. The third kappa shape index (κ3) is 4.36. The lowest BCUT2D eigenvalue weighted by atomic mass is 10.0. The zero-order valence-corrected chi connectivity index (χ0v) is 17.6. The topological polar surface area (TPSA) is 82.4 Å². The molecule has 1 amide bonds. The number of carbonyl (C=O) groups is 2. The number of nitrogens with one attached hydrogen (secondary N) is 1. The monoisotopic (exact) mass is 419 g/mol. The van der Waals surface area contributed by atoms with Crippen molar-refractivity contribution in [1.82, 2.24) is 4.90 Å². The van der Waals surface area contributed by atoms with Crippen molar-refractivity contribution in [1.29, 1.82) is 5.26 Å². The number of anilines is 1. The number of benzene rings is 1. The molecule has 1 aromatic carbocycles. The van der Waals surface area contributed by atoms with Crippen molar-refractivity contribution < 1.29 is 14.3 Å². The first-order valence-corrected chi connectivity index (χ1v) is 9.54. The average Bonchev–Trinajstić information content (AvgIpc) is 3.04. The number of carbonyl (C=O) groups excluding carboxylic acids is 2. The highest BCUT2D eigenvalue weighted by Crippen LogP contribution is 2.38. The van der Waals surface area contributed by atoms with Crippen molar-refractivity contribution in [3.8, 4) is 6.07 Å². The van der Waals surface area contributed by atoms with E-state index in [1.54, 1.807) is 24.3 Å². The van der Waals surface area contributed by atoms with Gasteiger partial charge in [0.15, 0.2) is 0 Å². The first-order valence-electron chi connectivity index (χ1n) is 8.73. The summed E-state index contributed by atoms with van der Waals surface area (Å²) < 4.78 is 4.96. The molecule has 0 atom stereocenters. The van der Waals surface area contributed by atoms with Crippen LogP contribution in [0, 0.1) is 11.3 Å². The molecule has 8 heteroatoms. The Morgan fingerprint density at radius 1 is 1.29 bits per heavy atom. The van der Waals surface area contributed by atoms with E-state index in [4.69, 9.17) is 10.00 Å². The lowest BCUT2D eigenvalue weighted by Crippen LogP contribution is -2.35. The van der Waals surface area contributed by atoms with Crippen molar-refractivity contribution in [2.45, 2.75) is 32.9 Å². The zero-order chi connectivity index (χ0) is 19.6. The fourth-order valence-electron chi connectivity index (χ4n) is 3.14. The van der Waals surface area contributed by atoms with Crippen molar-refractivity contribution in [2.24, 2.45) is 0 Å². The van der Waals surface area contributed by atoms with E-state index < -0.39 is 5.97 Å². The molecule has 0 spiro atoms. The average molecular weight is 420 g/mol. The number of thiophene rings is 1. The van der Waals surface area contributed by atoms with Gasteiger partial charge in [0.2, 0.25) is 0 Å². The van der Waals surface area contributed by atoms with E-state index in [1.807, 2.05) is 6.07 Å². The van der Waals surface area contributed by atoms with Crippen LogP contribution in [0.2, 0.25) is 0 Å². The normalized spacial score (nSPS) is 13.2. The maximum atomic E-state index is 12.6. The summed E-state index contributed by atoms with van der Waals surface area (Å²) in [6.07, 6.45) is 0.751. The quantitative estimate of drug-likeness (QED) is 0.761. The van der Waals surface area contributed by atoms with Gasteiger partial charge in [0.05, 0.1) is 24.3 Å². The van der Waals surface area contributed by atoms with Crippen molar-refractivity contribution in [3.05, 3.63) is 51.4 Å². The molecule has 148 valence electrons. The van der Waals surface area contributed by atoms with Gasteiger partial charge in [-0.05, 0) is 50.1 Å². The molecule has 0 radical (unpaired) electrons. The molecule has 0 aliphatic carbocycles. The van der Waals surface area contributed by atoms with Crippen LogP contribution in [0.25, 0.3) is 0 Å². The van der Waals surface area contributed by atoms with Crippen molar-refractivity contribution >= 4 is 40.6 Å². The molecule has 3 rings (SSSR count). The highest BCUT2D eigenvalue weighted by molar-refractivity contribution is 7.17. The van der Waals surface area contributed by atoms with E-state index in [-0.39, 0.29) is 18.3 Å². The Morgan fingerprint density at radius 3 is 2.54 bits per heavy atom. The third-order valence-corrected chi connectivity index (χ3v) is 5.84. The summed E-state index contributed by atoms with van der Waals surface area (Å²) in [5, 5.41) is 12.3. The Hall–Kier alpha value is -2.40. The third-order valence-electron chi connectivity index (χ3n) is 4.71. The molecule has 0 unspecified atom stereocenters. The Bertz CT molecular complexity index is 916. The second kappa shape index (κ2) is 9.20. The van der Waals surface area contributed by atoms with Gasteiger partial charge >= 0.3 is 5.97 Å². The Balaban J connectivity index is 0.00000280. The Kier molecular flexibility index (Phi) is 7.19. The molecule has 2 heterocycles. The van der Waals surface area contributed by atoms with Crippen LogP contribution in [0.1, 0.15) is 50.6 Å². The van der Waals surface area contributed by atoms with Crippen LogP contribution in [0.15, 0.2) is 24.3 Å². The molecule has 1 aliphatic rings. The number of ether oxygens (including phenoxy) is 1. The predicted octanol–water partition coefficient (Wildman–Crippen LogP) is 3.85. The standard InChI is InChI=1S/C20H21N3O3S.ClH/c1-12(2)23-9-8-15-16(11-23)27-19(17(15)20(25)26-3)22-18(24)14-6-4-13(10-21)5-7-14;/h4-7,12H,8-9,11H2,1-3H3,(H,22,24);1H. The number of nitrogens with zero attached hydrogens (tertiary/aromatic N) is 2. The summed E-state index contributed by atoms with van der Waals surface area (Å²) in [7, 11) is 1.35. The molecule has 28 heavy (non-hydrogen) atoms. The van der Waals surface area contributed by atoms with E-state index in [1.165, 1.54) is 18.4 Å². The van der Waals surface area contributed by atoms with Gasteiger partial charge < -0.3 is 10.1 Å². The fourth-order valence-corrected chi connectivity index (χ4v) is 4.40. The summed E-state index contributed by atoms with van der Waals surface area (Å²) in [6, 6.07) is 8.82. The first kappa shape index (κ1) is 21.9. The number of esters is 1. The second-order valence-corrected chi connectivity index (χ2v) is 7.76. The van der Waals surface area contributed by atoms with E-state index in [0.717, 1.165) is 30.0 Å². The SMILES string of the molecule is COC(=O)c1c(NC(=O)c2ccc(C#N)cc2)sc2c1CCN(C(C)C)C2.Cl. The summed E-state index contributed by atoms with van der Waals surface area (Å²) in [5.74, 6) is -0.746. The van der Waals surface area contributed by atoms with Crippen molar-refractivity contribution in [2.75, 3.05) is 19.0 Å². The second-order valence-electron chi connectivity index (χ2n) is 6.66. The minimum Gasteiger partial charge on any atom is -0.465 e. The molecule has 1 N–H and O–H groups in total. The summed E-state index contributed by atoms with van der Waals surface area (Å²) >= 11 is 1.43. The minimum absolute atomic E-state index is 0. The van der Waals surface area contributed by atoms with Crippen LogP contribution in [-0.2, 0) is 17.7 Å². The maximum absolute atomic E-state index is 12.6. The number of hydrogen-bond acceptors (Lipinski definition) is 6. The van der Waals surface area contributed by atoms with E-state index in [9.17, 15) is 9.59 Å². The number of rotatable bonds is 4. The maximum Gasteiger partial charge on any atom is 0.341 e. The van der Waals surface area contributed by atoms with E-state index in [0.29, 0.717) is 27.7 Å². The van der Waals surface area contributed by atoms with E-state index in [2.05, 4.69) is 24.1 Å². The molecular formula is C20H22ClN3O3S. The lowest BCUT2D eigenvalue weighted by molar-refractivity contribution is 0.0600. The van der Waals surface area contributed by atoms with Crippen LogP contribution in [0.5, 0.6) is 0 Å². The molecule has 1 aromatic heterocycles. The number of hydrogen-bond donors (Lipinski definition) is 1. The molecule has 6 nitrogen and oxygen atoms in total. The smallest absolute Gasteiger partial charge is 0.341 e. The highest BCUT2D eigenvalue weighted by Gasteiger charge is 2.30. The Morgan fingerprint density at radius 2 is 1.96 bits per heavy atom. The number of fused-ring (bicyclic) bond motifs is 1. The van der Waals surface area contributed by atoms with Crippen LogP contribution < -0.4 is 5.32 Å². The fraction of sp³-hybridized carbons (Fsp3) is 0.350. The number of halogens is 1. The van der Waals surface area contributed by atoms with Crippen molar-refractivity contribution in [3.63, 3.8) is 0 Å². The van der Waals surface area contributed by atoms with Gasteiger partial charge in [0.25, 0.3) is 5.91 Å². The van der Waals surface area contributed by atoms with Gasteiger partial charge in [0, 0.05) is 29.6 Å². The van der Waals surface area contributed by atoms with Gasteiger partial charge in [-0.1, -0.05) is 0 Å². The highest BCUT2D eigenvalue weighted by atomic mass is 35.5. The van der Waals surface area contributed by atoms with Gasteiger partial charge in [0.1, 0.15) is 5.00 Å². The molecule has 0 saturated carbocycles. The van der Waals surface area contributed by atoms with Gasteiger partial charge in [-0.3, -0.25) is 9.69 Å². The summed E-state index contributed by atoms with van der Waals surface area (Å²) in [6.45, 7) is 5.92. The number of methoxy groups -OCH3 is 1. The van der Waals surface area contributed by atoms with Crippen LogP contribution in [0.3, 0.4) is 0 Å².